The van der Waals surface area contributed by atoms with Crippen molar-refractivity contribution in [1.29, 1.82) is 5.26 Å². The van der Waals surface area contributed by atoms with Crippen LogP contribution in [0.3, 0.4) is 0 Å². The molecular weight excluding hydrogens is 246 g/mol. The molecule has 0 saturated heterocycles. The van der Waals surface area contributed by atoms with Crippen LogP contribution in [0.1, 0.15) is 24.2 Å². The molecule has 1 aromatic carbocycles. The molecule has 0 spiro atoms. The molecule has 0 aromatic heterocycles. The van der Waals surface area contributed by atoms with Gasteiger partial charge in [0.15, 0.2) is 6.10 Å². The second-order valence-corrected chi connectivity index (χ2v) is 4.44. The fourth-order valence-corrected chi connectivity index (χ4v) is 2.20. The Labute approximate surface area is 112 Å². The molecule has 19 heavy (non-hydrogen) atoms. The maximum Gasteiger partial charge on any atom is 0.172 e. The molecule has 2 unspecified atom stereocenters. The number of hydrogen-bond acceptors (Lipinski definition) is 5. The van der Waals surface area contributed by atoms with Crippen molar-refractivity contribution < 1.29 is 19.3 Å². The molecule has 2 atom stereocenters. The van der Waals surface area contributed by atoms with Crippen molar-refractivity contribution >= 4 is 0 Å². The third-order valence-electron chi connectivity index (χ3n) is 3.02. The van der Waals surface area contributed by atoms with Crippen molar-refractivity contribution in [2.75, 3.05) is 20.3 Å². The Kier molecular flexibility index (Phi) is 4.25. The van der Waals surface area contributed by atoms with Gasteiger partial charge in [-0.15, -0.1) is 0 Å². The predicted molar refractivity (Wildman–Crippen MR) is 68.2 cm³/mol. The van der Waals surface area contributed by atoms with Gasteiger partial charge >= 0.3 is 0 Å². The van der Waals surface area contributed by atoms with E-state index in [9.17, 15) is 5.26 Å². The van der Waals surface area contributed by atoms with Crippen LogP contribution in [0, 0.1) is 11.3 Å². The van der Waals surface area contributed by atoms with Gasteiger partial charge in [0.1, 0.15) is 17.6 Å². The zero-order chi connectivity index (χ0) is 13.8. The first kappa shape index (κ1) is 13.7. The lowest BCUT2D eigenvalue weighted by atomic mass is 10.0. The minimum atomic E-state index is -0.771. The highest BCUT2D eigenvalue weighted by molar-refractivity contribution is 5.50. The van der Waals surface area contributed by atoms with E-state index in [2.05, 4.69) is 6.07 Å². The van der Waals surface area contributed by atoms with Gasteiger partial charge in [-0.2, -0.15) is 5.26 Å². The number of fused-ring (bicyclic) bond motifs is 1. The van der Waals surface area contributed by atoms with E-state index in [4.69, 9.17) is 19.3 Å². The largest absolute Gasteiger partial charge is 0.496 e. The maximum absolute atomic E-state index is 9.17. The lowest BCUT2D eigenvalue weighted by Gasteiger charge is -2.15. The Balaban J connectivity index is 2.34. The van der Waals surface area contributed by atoms with Gasteiger partial charge in [0.05, 0.1) is 26.4 Å². The smallest absolute Gasteiger partial charge is 0.172 e. The third-order valence-corrected chi connectivity index (χ3v) is 3.02. The SMILES string of the molecule is COc1cc2c(cc1C(C#N)OCCO)OC(C)C2. The third kappa shape index (κ3) is 2.80. The van der Waals surface area contributed by atoms with E-state index < -0.39 is 6.10 Å². The standard InChI is InChI=1S/C14H17NO4/c1-9-5-10-6-13(17-2)11(7-12(10)19-9)14(8-15)18-4-3-16/h6-7,9,14,16H,3-5H2,1-2H3. The molecule has 0 fully saturated rings. The van der Waals surface area contributed by atoms with Crippen LogP contribution in [0.25, 0.3) is 0 Å². The molecule has 1 aromatic rings. The Hall–Kier alpha value is -1.77. The quantitative estimate of drug-likeness (QED) is 0.873. The Bertz CT molecular complexity index is 495. The van der Waals surface area contributed by atoms with Crippen molar-refractivity contribution in [3.05, 3.63) is 23.3 Å². The molecule has 102 valence electrons. The molecule has 0 bridgehead atoms. The van der Waals surface area contributed by atoms with Gasteiger partial charge in [0.2, 0.25) is 0 Å². The molecule has 1 aliphatic rings. The normalized spacial score (nSPS) is 18.3. The Morgan fingerprint density at radius 1 is 1.58 bits per heavy atom. The summed E-state index contributed by atoms with van der Waals surface area (Å²) in [5, 5.41) is 18.0. The van der Waals surface area contributed by atoms with Crippen molar-refractivity contribution in [3.8, 4) is 17.6 Å². The van der Waals surface area contributed by atoms with Crippen LogP contribution in [0.5, 0.6) is 11.5 Å². The highest BCUT2D eigenvalue weighted by Crippen LogP contribution is 2.38. The van der Waals surface area contributed by atoms with Crippen LogP contribution in [0.2, 0.25) is 0 Å². The highest BCUT2D eigenvalue weighted by Gasteiger charge is 2.25. The van der Waals surface area contributed by atoms with E-state index >= 15 is 0 Å². The zero-order valence-electron chi connectivity index (χ0n) is 11.0. The van der Waals surface area contributed by atoms with E-state index in [1.165, 1.54) is 0 Å². The van der Waals surface area contributed by atoms with E-state index in [-0.39, 0.29) is 19.3 Å². The van der Waals surface area contributed by atoms with Crippen LogP contribution in [-0.2, 0) is 11.2 Å². The maximum atomic E-state index is 9.17. The van der Waals surface area contributed by atoms with Crippen LogP contribution < -0.4 is 9.47 Å². The average molecular weight is 263 g/mol. The average Bonchev–Trinajstić information content (AvgIpc) is 2.77. The molecule has 0 saturated carbocycles. The van der Waals surface area contributed by atoms with E-state index in [1.54, 1.807) is 13.2 Å². The lowest BCUT2D eigenvalue weighted by Crippen LogP contribution is -2.08. The first-order valence-corrected chi connectivity index (χ1v) is 6.19. The van der Waals surface area contributed by atoms with Gasteiger partial charge < -0.3 is 19.3 Å². The summed E-state index contributed by atoms with van der Waals surface area (Å²) in [7, 11) is 1.56. The summed E-state index contributed by atoms with van der Waals surface area (Å²) in [4.78, 5) is 0. The molecule has 5 heteroatoms. The van der Waals surface area contributed by atoms with Crippen molar-refractivity contribution in [3.63, 3.8) is 0 Å². The molecule has 5 nitrogen and oxygen atoms in total. The summed E-state index contributed by atoms with van der Waals surface area (Å²) in [5.41, 5.74) is 1.71. The summed E-state index contributed by atoms with van der Waals surface area (Å²) in [6, 6.07) is 5.75. The molecule has 0 amide bonds. The Morgan fingerprint density at radius 3 is 3.00 bits per heavy atom. The predicted octanol–water partition coefficient (Wildman–Crippen LogP) is 1.59. The van der Waals surface area contributed by atoms with Gasteiger partial charge in [-0.05, 0) is 19.1 Å². The number of nitrogens with zero attached hydrogens (tertiary/aromatic N) is 1. The van der Waals surface area contributed by atoms with Gasteiger partial charge in [-0.3, -0.25) is 0 Å². The van der Waals surface area contributed by atoms with Gasteiger partial charge in [0.25, 0.3) is 0 Å². The van der Waals surface area contributed by atoms with Crippen LogP contribution in [0.15, 0.2) is 12.1 Å². The van der Waals surface area contributed by atoms with E-state index in [1.807, 2.05) is 13.0 Å². The first-order chi connectivity index (χ1) is 9.19. The summed E-state index contributed by atoms with van der Waals surface area (Å²) < 4.78 is 16.3. The van der Waals surface area contributed by atoms with Crippen molar-refractivity contribution in [2.45, 2.75) is 25.6 Å². The second kappa shape index (κ2) is 5.91. The number of rotatable bonds is 5. The fraction of sp³-hybridized carbons (Fsp3) is 0.500. The van der Waals surface area contributed by atoms with Gasteiger partial charge in [0, 0.05) is 17.5 Å². The summed E-state index contributed by atoms with van der Waals surface area (Å²) >= 11 is 0. The van der Waals surface area contributed by atoms with E-state index in [0.29, 0.717) is 11.3 Å². The topological polar surface area (TPSA) is 71.7 Å². The molecule has 0 radical (unpaired) electrons. The van der Waals surface area contributed by atoms with Crippen molar-refractivity contribution in [1.82, 2.24) is 0 Å². The van der Waals surface area contributed by atoms with Crippen LogP contribution >= 0.6 is 0 Å². The second-order valence-electron chi connectivity index (χ2n) is 4.44. The Morgan fingerprint density at radius 2 is 2.37 bits per heavy atom. The number of ether oxygens (including phenoxy) is 3. The highest BCUT2D eigenvalue weighted by atomic mass is 16.5. The number of nitriles is 1. The summed E-state index contributed by atoms with van der Waals surface area (Å²) in [6.07, 6.45) is 0.196. The zero-order valence-corrected chi connectivity index (χ0v) is 11.0. The van der Waals surface area contributed by atoms with Gasteiger partial charge in [-0.25, -0.2) is 0 Å². The summed E-state index contributed by atoms with van der Waals surface area (Å²) in [6.45, 7) is 1.98. The van der Waals surface area contributed by atoms with Crippen molar-refractivity contribution in [2.24, 2.45) is 0 Å². The number of benzene rings is 1. The number of aliphatic hydroxyl groups is 1. The molecule has 1 heterocycles. The van der Waals surface area contributed by atoms with E-state index in [0.717, 1.165) is 17.7 Å². The first-order valence-electron chi connectivity index (χ1n) is 6.19. The molecule has 1 aliphatic heterocycles. The minimum Gasteiger partial charge on any atom is -0.496 e. The number of aliphatic hydroxyl groups excluding tert-OH is 1. The molecular formula is C14H17NO4. The van der Waals surface area contributed by atoms with Crippen LogP contribution in [-0.4, -0.2) is 31.5 Å². The van der Waals surface area contributed by atoms with Gasteiger partial charge in [-0.1, -0.05) is 0 Å². The number of hydrogen-bond donors (Lipinski definition) is 1. The molecule has 1 N–H and O–H groups in total. The van der Waals surface area contributed by atoms with Crippen LogP contribution in [0.4, 0.5) is 0 Å². The monoisotopic (exact) mass is 263 g/mol. The summed E-state index contributed by atoms with van der Waals surface area (Å²) in [5.74, 6) is 1.39. The lowest BCUT2D eigenvalue weighted by molar-refractivity contribution is 0.0567. The number of methoxy groups -OCH3 is 1. The fourth-order valence-electron chi connectivity index (χ4n) is 2.20. The molecule has 0 aliphatic carbocycles. The molecule has 2 rings (SSSR count). The minimum absolute atomic E-state index is 0.107.